The van der Waals surface area contributed by atoms with Crippen molar-refractivity contribution in [3.8, 4) is 0 Å². The van der Waals surface area contributed by atoms with Gasteiger partial charge in [-0.15, -0.1) is 6.58 Å². The van der Waals surface area contributed by atoms with Gasteiger partial charge in [0.15, 0.2) is 0 Å². The van der Waals surface area contributed by atoms with Crippen LogP contribution >= 0.6 is 0 Å². The van der Waals surface area contributed by atoms with Crippen LogP contribution in [0.2, 0.25) is 0 Å². The Morgan fingerprint density at radius 1 is 1.47 bits per heavy atom. The summed E-state index contributed by atoms with van der Waals surface area (Å²) < 4.78 is 0. The van der Waals surface area contributed by atoms with E-state index in [0.29, 0.717) is 12.1 Å². The van der Waals surface area contributed by atoms with E-state index in [1.54, 1.807) is 0 Å². The van der Waals surface area contributed by atoms with Crippen LogP contribution < -0.4 is 11.3 Å². The predicted octanol–water partition coefficient (Wildman–Crippen LogP) is -0.216. The number of rotatable bonds is 4. The van der Waals surface area contributed by atoms with Gasteiger partial charge in [-0.2, -0.15) is 0 Å². The summed E-state index contributed by atoms with van der Waals surface area (Å²) in [5, 5.41) is 0. The van der Waals surface area contributed by atoms with Crippen LogP contribution in [0.25, 0.3) is 0 Å². The number of hydrazine groups is 1. The third-order valence-electron chi connectivity index (χ3n) is 3.57. The van der Waals surface area contributed by atoms with Crippen LogP contribution in [0.5, 0.6) is 0 Å². The quantitative estimate of drug-likeness (QED) is 0.383. The number of hydrogen-bond acceptors (Lipinski definition) is 4. The molecule has 2 unspecified atom stereocenters. The van der Waals surface area contributed by atoms with Crippen molar-refractivity contribution in [1.82, 2.24) is 15.2 Å². The second-order valence-corrected chi connectivity index (χ2v) is 4.84. The minimum absolute atomic E-state index is 0.352. The van der Waals surface area contributed by atoms with Crippen molar-refractivity contribution in [1.29, 1.82) is 0 Å². The van der Waals surface area contributed by atoms with Gasteiger partial charge < -0.3 is 0 Å². The number of nitrogens with one attached hydrogen (secondary N) is 1. The molecule has 15 heavy (non-hydrogen) atoms. The van der Waals surface area contributed by atoms with E-state index in [2.05, 4.69) is 28.7 Å². The molecule has 3 saturated heterocycles. The molecule has 0 aliphatic carbocycles. The maximum atomic E-state index is 5.65. The van der Waals surface area contributed by atoms with Crippen molar-refractivity contribution in [3.05, 3.63) is 12.2 Å². The molecule has 0 aromatic rings. The standard InChI is InChI=1S/C11H22N4/c1-9(2)7-10(13-12)11-8-14-3-5-15(11)6-4-14/h10-11,13H,1,3-8,12H2,2H3. The lowest BCUT2D eigenvalue weighted by atomic mass is 9.96. The molecule has 3 rings (SSSR count). The van der Waals surface area contributed by atoms with Crippen molar-refractivity contribution < 1.29 is 0 Å². The summed E-state index contributed by atoms with van der Waals surface area (Å²) in [6.07, 6.45) is 0.978. The Kier molecular flexibility index (Phi) is 3.41. The molecule has 0 aromatic carbocycles. The van der Waals surface area contributed by atoms with E-state index in [9.17, 15) is 0 Å². The van der Waals surface area contributed by atoms with Crippen molar-refractivity contribution >= 4 is 0 Å². The molecule has 0 spiro atoms. The molecule has 4 heteroatoms. The Morgan fingerprint density at radius 3 is 2.53 bits per heavy atom. The van der Waals surface area contributed by atoms with Crippen LogP contribution in [0, 0.1) is 0 Å². The molecule has 3 aliphatic heterocycles. The molecule has 3 fully saturated rings. The van der Waals surface area contributed by atoms with Gasteiger partial charge in [-0.05, 0) is 13.3 Å². The van der Waals surface area contributed by atoms with Crippen LogP contribution in [-0.2, 0) is 0 Å². The van der Waals surface area contributed by atoms with E-state index >= 15 is 0 Å². The normalized spacial score (nSPS) is 36.5. The molecule has 86 valence electrons. The first-order chi connectivity index (χ1) is 7.20. The zero-order valence-electron chi connectivity index (χ0n) is 9.58. The van der Waals surface area contributed by atoms with Gasteiger partial charge in [-0.3, -0.25) is 21.1 Å². The Balaban J connectivity index is 1.98. The maximum absolute atomic E-state index is 5.65. The molecule has 0 saturated carbocycles. The molecule has 2 atom stereocenters. The average Bonchev–Trinajstić information content (AvgIpc) is 2.27. The van der Waals surface area contributed by atoms with E-state index in [1.807, 2.05) is 0 Å². The summed E-state index contributed by atoms with van der Waals surface area (Å²) in [6.45, 7) is 12.0. The molecular formula is C11H22N4. The smallest absolute Gasteiger partial charge is 0.0415 e. The van der Waals surface area contributed by atoms with Gasteiger partial charge in [0, 0.05) is 44.8 Å². The van der Waals surface area contributed by atoms with Gasteiger partial charge in [0.2, 0.25) is 0 Å². The molecule has 3 aliphatic rings. The molecule has 3 N–H and O–H groups in total. The summed E-state index contributed by atoms with van der Waals surface area (Å²) in [7, 11) is 0. The minimum Gasteiger partial charge on any atom is -0.299 e. The SMILES string of the molecule is C=C(C)CC(NN)C1CN2CCN1CC2. The highest BCUT2D eigenvalue weighted by atomic mass is 15.4. The Morgan fingerprint density at radius 2 is 2.13 bits per heavy atom. The fourth-order valence-electron chi connectivity index (χ4n) is 2.72. The Labute approximate surface area is 92.1 Å². The lowest BCUT2D eigenvalue weighted by Crippen LogP contribution is -2.67. The number of hydrogen-bond donors (Lipinski definition) is 2. The van der Waals surface area contributed by atoms with E-state index in [1.165, 1.54) is 31.8 Å². The van der Waals surface area contributed by atoms with Gasteiger partial charge in [-0.25, -0.2) is 0 Å². The highest BCUT2D eigenvalue weighted by molar-refractivity contribution is 5.01. The number of piperazine rings is 3. The Hall–Kier alpha value is -0.420. The topological polar surface area (TPSA) is 44.5 Å². The maximum Gasteiger partial charge on any atom is 0.0415 e. The average molecular weight is 210 g/mol. The zero-order valence-corrected chi connectivity index (χ0v) is 9.58. The Bertz CT molecular complexity index is 233. The first-order valence-corrected chi connectivity index (χ1v) is 5.77. The highest BCUT2D eigenvalue weighted by Crippen LogP contribution is 2.20. The fourth-order valence-corrected chi connectivity index (χ4v) is 2.72. The van der Waals surface area contributed by atoms with Gasteiger partial charge in [-0.1, -0.05) is 5.57 Å². The van der Waals surface area contributed by atoms with E-state index in [4.69, 9.17) is 5.84 Å². The predicted molar refractivity (Wildman–Crippen MR) is 62.3 cm³/mol. The van der Waals surface area contributed by atoms with Crippen LogP contribution in [-0.4, -0.2) is 54.6 Å². The lowest BCUT2D eigenvalue weighted by molar-refractivity contribution is -0.00311. The number of fused-ring (bicyclic) bond motifs is 3. The van der Waals surface area contributed by atoms with Crippen molar-refractivity contribution in [2.75, 3.05) is 32.7 Å². The van der Waals surface area contributed by atoms with E-state index in [-0.39, 0.29) is 0 Å². The molecule has 4 nitrogen and oxygen atoms in total. The van der Waals surface area contributed by atoms with Crippen molar-refractivity contribution in [2.24, 2.45) is 5.84 Å². The molecule has 0 aromatic heterocycles. The van der Waals surface area contributed by atoms with Crippen molar-refractivity contribution in [3.63, 3.8) is 0 Å². The monoisotopic (exact) mass is 210 g/mol. The summed E-state index contributed by atoms with van der Waals surface area (Å²) >= 11 is 0. The van der Waals surface area contributed by atoms with E-state index < -0.39 is 0 Å². The summed E-state index contributed by atoms with van der Waals surface area (Å²) in [4.78, 5) is 5.10. The number of nitrogens with zero attached hydrogens (tertiary/aromatic N) is 2. The fraction of sp³-hybridized carbons (Fsp3) is 0.818. The van der Waals surface area contributed by atoms with Crippen LogP contribution in [0.1, 0.15) is 13.3 Å². The molecule has 3 heterocycles. The first kappa shape index (κ1) is 11.1. The van der Waals surface area contributed by atoms with Gasteiger partial charge in [0.1, 0.15) is 0 Å². The zero-order chi connectivity index (χ0) is 10.8. The molecule has 0 radical (unpaired) electrons. The van der Waals surface area contributed by atoms with Gasteiger partial charge >= 0.3 is 0 Å². The third-order valence-corrected chi connectivity index (χ3v) is 3.57. The third kappa shape index (κ3) is 2.39. The number of nitrogens with two attached hydrogens (primary N) is 1. The van der Waals surface area contributed by atoms with Gasteiger partial charge in [0.25, 0.3) is 0 Å². The van der Waals surface area contributed by atoms with Crippen LogP contribution in [0.3, 0.4) is 0 Å². The minimum atomic E-state index is 0.352. The summed E-state index contributed by atoms with van der Waals surface area (Å²) in [6, 6.07) is 0.916. The molecule has 2 bridgehead atoms. The van der Waals surface area contributed by atoms with Crippen LogP contribution in [0.4, 0.5) is 0 Å². The first-order valence-electron chi connectivity index (χ1n) is 5.77. The second-order valence-electron chi connectivity index (χ2n) is 4.84. The molecular weight excluding hydrogens is 188 g/mol. The van der Waals surface area contributed by atoms with Gasteiger partial charge in [0.05, 0.1) is 0 Å². The summed E-state index contributed by atoms with van der Waals surface area (Å²) in [5.41, 5.74) is 4.16. The van der Waals surface area contributed by atoms with E-state index in [0.717, 1.165) is 13.0 Å². The largest absolute Gasteiger partial charge is 0.299 e. The molecule has 0 amide bonds. The highest BCUT2D eigenvalue weighted by Gasteiger charge is 2.36. The second kappa shape index (κ2) is 4.61. The van der Waals surface area contributed by atoms with Crippen LogP contribution in [0.15, 0.2) is 12.2 Å². The summed E-state index contributed by atoms with van der Waals surface area (Å²) in [5.74, 6) is 5.65. The lowest BCUT2D eigenvalue weighted by Gasteiger charge is -2.50. The van der Waals surface area contributed by atoms with Crippen molar-refractivity contribution in [2.45, 2.75) is 25.4 Å².